The number of anilines is 3. The molecule has 10 heteroatoms. The number of para-hydroxylation sites is 2. The summed E-state index contributed by atoms with van der Waals surface area (Å²) in [5.41, 5.74) is 5.15. The van der Waals surface area contributed by atoms with Crippen LogP contribution in [0.2, 0.25) is 0 Å². The fourth-order valence-corrected chi connectivity index (χ4v) is 4.54. The molecule has 4 rings (SSSR count). The van der Waals surface area contributed by atoms with Crippen molar-refractivity contribution in [2.24, 2.45) is 0 Å². The van der Waals surface area contributed by atoms with Crippen molar-refractivity contribution in [3.63, 3.8) is 0 Å². The Labute approximate surface area is 229 Å². The fourth-order valence-electron chi connectivity index (χ4n) is 3.92. The third-order valence-electron chi connectivity index (χ3n) is 5.49. The van der Waals surface area contributed by atoms with Crippen molar-refractivity contribution in [2.45, 2.75) is 32.8 Å². The van der Waals surface area contributed by atoms with Gasteiger partial charge in [-0.05, 0) is 62.2 Å². The molecule has 0 saturated carbocycles. The third-order valence-corrected chi connectivity index (χ3v) is 6.27. The highest BCUT2D eigenvalue weighted by Gasteiger charge is 2.18. The summed E-state index contributed by atoms with van der Waals surface area (Å²) in [6.07, 6.45) is 0.574. The van der Waals surface area contributed by atoms with E-state index in [0.717, 1.165) is 21.6 Å². The lowest BCUT2D eigenvalue weighted by Gasteiger charge is -2.20. The van der Waals surface area contributed by atoms with Gasteiger partial charge in [-0.3, -0.25) is 20.4 Å². The molecule has 0 radical (unpaired) electrons. The van der Waals surface area contributed by atoms with Gasteiger partial charge in [0, 0.05) is 28.6 Å². The second-order valence-corrected chi connectivity index (χ2v) is 10.6. The van der Waals surface area contributed by atoms with Crippen molar-refractivity contribution in [1.29, 1.82) is 0 Å². The lowest BCUT2D eigenvalue weighted by molar-refractivity contribution is 0.0635. The minimum Gasteiger partial charge on any atom is -0.465 e. The molecule has 9 nitrogen and oxygen atoms in total. The summed E-state index contributed by atoms with van der Waals surface area (Å²) in [5.74, 6) is -0.373. The van der Waals surface area contributed by atoms with E-state index in [1.165, 1.54) is 11.3 Å². The van der Waals surface area contributed by atoms with Gasteiger partial charge in [-0.15, -0.1) is 11.3 Å². The first-order valence-electron chi connectivity index (χ1n) is 12.1. The highest BCUT2D eigenvalue weighted by Crippen LogP contribution is 2.34. The maximum absolute atomic E-state index is 13.1. The summed E-state index contributed by atoms with van der Waals surface area (Å²) < 4.78 is 5.31. The van der Waals surface area contributed by atoms with Crippen LogP contribution in [0.1, 0.15) is 41.6 Å². The highest BCUT2D eigenvalue weighted by atomic mass is 32.1. The number of carboxylic acid groups (broad SMARTS) is 1. The Bertz CT molecular complexity index is 1480. The summed E-state index contributed by atoms with van der Waals surface area (Å²) in [4.78, 5) is 41.9. The molecule has 0 aliphatic heterocycles. The van der Waals surface area contributed by atoms with Gasteiger partial charge >= 0.3 is 12.2 Å². The molecule has 0 aliphatic rings. The molecule has 0 aliphatic carbocycles. The minimum absolute atomic E-state index is 0.373. The summed E-state index contributed by atoms with van der Waals surface area (Å²) >= 11 is 1.52. The standard InChI is InChI=1S/C29H28N4O5S/c1-29(2,3)38-28(37)33-23-9-5-4-8-22(23)31-26(34)19-13-11-18(12-14-19)25-20(15-21-16-30-17-39-21)7-6-10-24(25)32-27(35)36/h4-14,16-17,32H,15H2,1-3H3,(H,31,34)(H,33,37)(H,35,36). The third kappa shape index (κ3) is 7.42. The SMILES string of the molecule is CC(C)(C)OC(=O)Nc1ccccc1NC(=O)c1ccc(-c2c(Cc3cncs3)cccc2NC(=O)O)cc1. The van der Waals surface area contributed by atoms with E-state index in [9.17, 15) is 19.5 Å². The van der Waals surface area contributed by atoms with E-state index in [0.29, 0.717) is 29.0 Å². The van der Waals surface area contributed by atoms with Crippen LogP contribution in [0.25, 0.3) is 11.1 Å². The van der Waals surface area contributed by atoms with Crippen LogP contribution < -0.4 is 16.0 Å². The fraction of sp³-hybridized carbons (Fsp3) is 0.172. The Kier molecular flexibility index (Phi) is 8.26. The molecule has 4 N–H and O–H groups in total. The average Bonchev–Trinajstić information content (AvgIpc) is 3.37. The van der Waals surface area contributed by atoms with E-state index in [1.807, 2.05) is 6.07 Å². The molecule has 1 aromatic heterocycles. The van der Waals surface area contributed by atoms with Gasteiger partial charge < -0.3 is 15.2 Å². The van der Waals surface area contributed by atoms with Crippen LogP contribution in [0, 0.1) is 0 Å². The number of amides is 3. The van der Waals surface area contributed by atoms with Crippen molar-refractivity contribution in [1.82, 2.24) is 4.98 Å². The Balaban J connectivity index is 1.57. The molecule has 3 aromatic carbocycles. The smallest absolute Gasteiger partial charge is 0.412 e. The molecule has 4 aromatic rings. The van der Waals surface area contributed by atoms with E-state index in [2.05, 4.69) is 20.9 Å². The second kappa shape index (κ2) is 11.8. The molecule has 0 saturated heterocycles. The maximum Gasteiger partial charge on any atom is 0.412 e. The summed E-state index contributed by atoms with van der Waals surface area (Å²) in [6, 6.07) is 19.2. The Morgan fingerprint density at radius 2 is 1.54 bits per heavy atom. The Morgan fingerprint density at radius 1 is 0.872 bits per heavy atom. The van der Waals surface area contributed by atoms with Gasteiger partial charge in [-0.2, -0.15) is 0 Å². The predicted octanol–water partition coefficient (Wildman–Crippen LogP) is 7.09. The lowest BCUT2D eigenvalue weighted by Crippen LogP contribution is -2.27. The Hall–Kier alpha value is -4.70. The first kappa shape index (κ1) is 27.3. The number of carbonyl (C=O) groups is 3. The van der Waals surface area contributed by atoms with E-state index in [1.54, 1.807) is 93.1 Å². The van der Waals surface area contributed by atoms with E-state index < -0.39 is 17.8 Å². The molecule has 0 fully saturated rings. The monoisotopic (exact) mass is 544 g/mol. The molecule has 200 valence electrons. The quantitative estimate of drug-likeness (QED) is 0.197. The zero-order valence-corrected chi connectivity index (χ0v) is 22.5. The van der Waals surface area contributed by atoms with E-state index >= 15 is 0 Å². The number of aromatic nitrogens is 1. The number of thiazole rings is 1. The van der Waals surface area contributed by atoms with Gasteiger partial charge in [0.2, 0.25) is 0 Å². The average molecular weight is 545 g/mol. The maximum atomic E-state index is 13.1. The van der Waals surface area contributed by atoms with Gasteiger partial charge in [0.25, 0.3) is 5.91 Å². The summed E-state index contributed by atoms with van der Waals surface area (Å²) in [6.45, 7) is 5.30. The highest BCUT2D eigenvalue weighted by molar-refractivity contribution is 7.09. The molecule has 39 heavy (non-hydrogen) atoms. The topological polar surface area (TPSA) is 130 Å². The molecule has 0 bridgehead atoms. The zero-order chi connectivity index (χ0) is 28.0. The van der Waals surface area contributed by atoms with Crippen LogP contribution in [0.4, 0.5) is 26.7 Å². The molecule has 0 unspecified atom stereocenters. The number of nitrogens with one attached hydrogen (secondary N) is 3. The first-order chi connectivity index (χ1) is 18.6. The minimum atomic E-state index is -1.17. The number of rotatable bonds is 7. The molecular weight excluding hydrogens is 516 g/mol. The van der Waals surface area contributed by atoms with Crippen LogP contribution >= 0.6 is 11.3 Å². The zero-order valence-electron chi connectivity index (χ0n) is 21.6. The van der Waals surface area contributed by atoms with Crippen molar-refractivity contribution in [3.8, 4) is 11.1 Å². The van der Waals surface area contributed by atoms with Gasteiger partial charge in [-0.1, -0.05) is 36.4 Å². The number of hydrogen-bond donors (Lipinski definition) is 4. The van der Waals surface area contributed by atoms with Crippen molar-refractivity contribution < 1.29 is 24.2 Å². The van der Waals surface area contributed by atoms with Crippen LogP contribution in [-0.2, 0) is 11.2 Å². The largest absolute Gasteiger partial charge is 0.465 e. The van der Waals surface area contributed by atoms with Gasteiger partial charge in [0.15, 0.2) is 0 Å². The van der Waals surface area contributed by atoms with E-state index in [4.69, 9.17) is 4.74 Å². The van der Waals surface area contributed by atoms with Gasteiger partial charge in [-0.25, -0.2) is 9.59 Å². The van der Waals surface area contributed by atoms with Crippen molar-refractivity contribution in [3.05, 3.63) is 94.4 Å². The van der Waals surface area contributed by atoms with Gasteiger partial charge in [0.1, 0.15) is 5.60 Å². The first-order valence-corrected chi connectivity index (χ1v) is 13.0. The number of ether oxygens (including phenoxy) is 1. The van der Waals surface area contributed by atoms with Crippen LogP contribution in [0.3, 0.4) is 0 Å². The summed E-state index contributed by atoms with van der Waals surface area (Å²) in [7, 11) is 0. The second-order valence-electron chi connectivity index (χ2n) is 9.62. The van der Waals surface area contributed by atoms with Crippen LogP contribution in [0.15, 0.2) is 78.4 Å². The number of hydrogen-bond acceptors (Lipinski definition) is 6. The molecule has 0 atom stereocenters. The molecule has 1 heterocycles. The molecule has 0 spiro atoms. The van der Waals surface area contributed by atoms with Crippen molar-refractivity contribution >= 4 is 46.5 Å². The van der Waals surface area contributed by atoms with Gasteiger partial charge in [0.05, 0.1) is 22.6 Å². The number of carbonyl (C=O) groups excluding carboxylic acids is 2. The lowest BCUT2D eigenvalue weighted by atomic mass is 9.94. The number of benzene rings is 3. The molecular formula is C29H28N4O5S. The predicted molar refractivity (Wildman–Crippen MR) is 153 cm³/mol. The van der Waals surface area contributed by atoms with Crippen LogP contribution in [0.5, 0.6) is 0 Å². The summed E-state index contributed by atoms with van der Waals surface area (Å²) in [5, 5.41) is 17.3. The van der Waals surface area contributed by atoms with Crippen molar-refractivity contribution in [2.75, 3.05) is 16.0 Å². The normalized spacial score (nSPS) is 10.9. The van der Waals surface area contributed by atoms with E-state index in [-0.39, 0.29) is 5.91 Å². The Morgan fingerprint density at radius 3 is 2.15 bits per heavy atom. The molecule has 3 amide bonds. The van der Waals surface area contributed by atoms with Crippen LogP contribution in [-0.4, -0.2) is 33.8 Å². The number of nitrogens with zero attached hydrogens (tertiary/aromatic N) is 1.